The van der Waals surface area contributed by atoms with Crippen molar-refractivity contribution in [1.82, 2.24) is 4.90 Å². The molecule has 2 aliphatic rings. The van der Waals surface area contributed by atoms with Crippen LogP contribution in [0.1, 0.15) is 37.2 Å². The average Bonchev–Trinajstić information content (AvgIpc) is 3.45. The molecule has 4 rings (SSSR count). The van der Waals surface area contributed by atoms with E-state index >= 15 is 0 Å². The molecule has 0 bridgehead atoms. The smallest absolute Gasteiger partial charge is 0.226 e. The minimum absolute atomic E-state index is 0.0427. The van der Waals surface area contributed by atoms with Crippen LogP contribution in [-0.2, 0) is 4.79 Å². The molecule has 1 heterocycles. The summed E-state index contributed by atoms with van der Waals surface area (Å²) in [5, 5.41) is 0. The third-order valence-electron chi connectivity index (χ3n) is 5.73. The number of rotatable bonds is 3. The van der Waals surface area contributed by atoms with Crippen molar-refractivity contribution in [2.45, 2.75) is 37.6 Å². The molecule has 1 saturated carbocycles. The minimum atomic E-state index is -0.593. The Morgan fingerprint density at radius 3 is 2.56 bits per heavy atom. The quantitative estimate of drug-likeness (QED) is 0.885. The van der Waals surface area contributed by atoms with Crippen molar-refractivity contribution in [3.05, 3.63) is 59.7 Å². The van der Waals surface area contributed by atoms with Gasteiger partial charge in [0.2, 0.25) is 5.91 Å². The topological polar surface area (TPSA) is 46.3 Å². The van der Waals surface area contributed by atoms with E-state index in [1.807, 2.05) is 29.2 Å². The molecule has 5 heteroatoms. The summed E-state index contributed by atoms with van der Waals surface area (Å²) in [5.74, 6) is -0.932. The molecule has 2 aromatic rings. The van der Waals surface area contributed by atoms with Crippen LogP contribution in [0.2, 0.25) is 0 Å². The summed E-state index contributed by atoms with van der Waals surface area (Å²) in [5.41, 5.74) is 8.33. The van der Waals surface area contributed by atoms with Crippen LogP contribution in [0.25, 0.3) is 11.1 Å². The van der Waals surface area contributed by atoms with Crippen molar-refractivity contribution in [2.24, 2.45) is 11.7 Å². The number of hydrogen-bond donors (Lipinski definition) is 1. The van der Waals surface area contributed by atoms with Crippen LogP contribution < -0.4 is 5.73 Å². The van der Waals surface area contributed by atoms with Crippen molar-refractivity contribution in [3.63, 3.8) is 0 Å². The molecule has 0 spiro atoms. The Morgan fingerprint density at radius 2 is 1.78 bits per heavy atom. The van der Waals surface area contributed by atoms with Gasteiger partial charge in [-0.15, -0.1) is 0 Å². The molecule has 0 radical (unpaired) electrons. The van der Waals surface area contributed by atoms with Crippen molar-refractivity contribution in [1.29, 1.82) is 0 Å². The number of carbonyl (C=O) groups excluding carboxylic acids is 1. The fraction of sp³-hybridized carbons (Fsp3) is 0.409. The maximum atomic E-state index is 13.7. The van der Waals surface area contributed by atoms with E-state index < -0.39 is 11.6 Å². The molecule has 142 valence electrons. The molecule has 1 aliphatic carbocycles. The largest absolute Gasteiger partial charge is 0.342 e. The van der Waals surface area contributed by atoms with Gasteiger partial charge in [0, 0.05) is 31.1 Å². The van der Waals surface area contributed by atoms with E-state index in [4.69, 9.17) is 5.73 Å². The van der Waals surface area contributed by atoms with E-state index in [0.29, 0.717) is 5.56 Å². The molecule has 2 fully saturated rings. The van der Waals surface area contributed by atoms with Crippen LogP contribution in [0, 0.1) is 17.6 Å². The van der Waals surface area contributed by atoms with Gasteiger partial charge < -0.3 is 10.6 Å². The van der Waals surface area contributed by atoms with Gasteiger partial charge in [0.1, 0.15) is 11.6 Å². The highest BCUT2D eigenvalue weighted by molar-refractivity contribution is 5.84. The van der Waals surface area contributed by atoms with Crippen LogP contribution in [0.3, 0.4) is 0 Å². The minimum Gasteiger partial charge on any atom is -0.342 e. The summed E-state index contributed by atoms with van der Waals surface area (Å²) in [4.78, 5) is 14.9. The summed E-state index contributed by atoms with van der Waals surface area (Å²) in [6.45, 7) is 1.49. The van der Waals surface area contributed by atoms with Gasteiger partial charge in [0.25, 0.3) is 0 Å². The maximum Gasteiger partial charge on any atom is 0.226 e. The van der Waals surface area contributed by atoms with E-state index in [1.54, 1.807) is 0 Å². The lowest BCUT2D eigenvalue weighted by Gasteiger charge is -2.21. The second-order valence-corrected chi connectivity index (χ2v) is 7.71. The molecule has 3 nitrogen and oxygen atoms in total. The normalized spacial score (nSPS) is 25.1. The van der Waals surface area contributed by atoms with Crippen LogP contribution in [-0.4, -0.2) is 29.9 Å². The van der Waals surface area contributed by atoms with E-state index in [0.717, 1.165) is 56.0 Å². The zero-order valence-electron chi connectivity index (χ0n) is 15.2. The predicted molar refractivity (Wildman–Crippen MR) is 101 cm³/mol. The Labute approximate surface area is 158 Å². The molecule has 1 aliphatic heterocycles. The SMILES string of the molecule is NC1CCCN(C(=O)C2CC2c2ccccc2-c2cc(F)cc(F)c2)CC1. The second-order valence-electron chi connectivity index (χ2n) is 7.71. The van der Waals surface area contributed by atoms with Gasteiger partial charge in [-0.25, -0.2) is 8.78 Å². The summed E-state index contributed by atoms with van der Waals surface area (Å²) in [6.07, 6.45) is 3.55. The number of carbonyl (C=O) groups is 1. The van der Waals surface area contributed by atoms with Crippen molar-refractivity contribution >= 4 is 5.91 Å². The third-order valence-corrected chi connectivity index (χ3v) is 5.73. The number of likely N-dealkylation sites (tertiary alicyclic amines) is 1. The van der Waals surface area contributed by atoms with Gasteiger partial charge in [-0.1, -0.05) is 24.3 Å². The summed E-state index contributed by atoms with van der Waals surface area (Å²) >= 11 is 0. The third kappa shape index (κ3) is 3.88. The van der Waals surface area contributed by atoms with E-state index in [9.17, 15) is 13.6 Å². The molecule has 0 aromatic heterocycles. The Morgan fingerprint density at radius 1 is 1.04 bits per heavy atom. The zero-order chi connectivity index (χ0) is 19.0. The van der Waals surface area contributed by atoms with Crippen LogP contribution in [0.15, 0.2) is 42.5 Å². The molecule has 1 amide bonds. The molecule has 3 unspecified atom stereocenters. The van der Waals surface area contributed by atoms with Gasteiger partial charge in [0.05, 0.1) is 0 Å². The number of halogens is 2. The van der Waals surface area contributed by atoms with Gasteiger partial charge in [-0.3, -0.25) is 4.79 Å². The first-order valence-corrected chi connectivity index (χ1v) is 9.62. The number of hydrogen-bond acceptors (Lipinski definition) is 2. The standard InChI is InChI=1S/C22H24F2N2O/c23-15-10-14(11-16(24)12-15)18-5-1-2-6-19(18)20-13-21(20)22(27)26-8-3-4-17(25)7-9-26/h1-2,5-6,10-12,17,20-21H,3-4,7-9,13,25H2. The highest BCUT2D eigenvalue weighted by Gasteiger charge is 2.46. The number of nitrogens with zero attached hydrogens (tertiary/aromatic N) is 1. The summed E-state index contributed by atoms with van der Waals surface area (Å²) < 4.78 is 27.3. The highest BCUT2D eigenvalue weighted by atomic mass is 19.1. The zero-order valence-corrected chi connectivity index (χ0v) is 15.2. The van der Waals surface area contributed by atoms with E-state index in [2.05, 4.69) is 0 Å². The Balaban J connectivity index is 1.55. The first-order valence-electron chi connectivity index (χ1n) is 9.62. The van der Waals surface area contributed by atoms with Crippen LogP contribution in [0.5, 0.6) is 0 Å². The monoisotopic (exact) mass is 370 g/mol. The fourth-order valence-corrected chi connectivity index (χ4v) is 4.18. The van der Waals surface area contributed by atoms with Gasteiger partial charge >= 0.3 is 0 Å². The lowest BCUT2D eigenvalue weighted by Crippen LogP contribution is -2.34. The first-order chi connectivity index (χ1) is 13.0. The predicted octanol–water partition coefficient (Wildman–Crippen LogP) is 4.08. The molecule has 1 saturated heterocycles. The molecular formula is C22H24F2N2O. The number of nitrogens with two attached hydrogens (primary N) is 1. The summed E-state index contributed by atoms with van der Waals surface area (Å²) in [7, 11) is 0. The van der Waals surface area contributed by atoms with E-state index in [1.165, 1.54) is 12.1 Å². The molecule has 3 atom stereocenters. The Bertz CT molecular complexity index is 834. The Kier molecular flexibility index (Phi) is 4.96. The van der Waals surface area contributed by atoms with Gasteiger partial charge in [-0.2, -0.15) is 0 Å². The average molecular weight is 370 g/mol. The Hall–Kier alpha value is -2.27. The molecule has 2 N–H and O–H groups in total. The van der Waals surface area contributed by atoms with Crippen molar-refractivity contribution in [3.8, 4) is 11.1 Å². The number of amides is 1. The lowest BCUT2D eigenvalue weighted by atomic mass is 9.95. The second kappa shape index (κ2) is 7.39. The van der Waals surface area contributed by atoms with Crippen molar-refractivity contribution < 1.29 is 13.6 Å². The molecular weight excluding hydrogens is 346 g/mol. The fourth-order valence-electron chi connectivity index (χ4n) is 4.18. The van der Waals surface area contributed by atoms with Crippen molar-refractivity contribution in [2.75, 3.05) is 13.1 Å². The number of benzene rings is 2. The van der Waals surface area contributed by atoms with Crippen LogP contribution >= 0.6 is 0 Å². The first kappa shape index (κ1) is 18.1. The van der Waals surface area contributed by atoms with Gasteiger partial charge in [-0.05, 0) is 60.4 Å². The maximum absolute atomic E-state index is 13.7. The summed E-state index contributed by atoms with van der Waals surface area (Å²) in [6, 6.07) is 11.4. The van der Waals surface area contributed by atoms with Gasteiger partial charge in [0.15, 0.2) is 0 Å². The molecule has 27 heavy (non-hydrogen) atoms. The van der Waals surface area contributed by atoms with E-state index in [-0.39, 0.29) is 23.8 Å². The lowest BCUT2D eigenvalue weighted by molar-refractivity contribution is -0.132. The highest BCUT2D eigenvalue weighted by Crippen LogP contribution is 2.51. The molecule has 2 aromatic carbocycles. The van der Waals surface area contributed by atoms with Crippen LogP contribution in [0.4, 0.5) is 8.78 Å².